The van der Waals surface area contributed by atoms with Crippen LogP contribution in [0.3, 0.4) is 0 Å². The van der Waals surface area contributed by atoms with E-state index in [0.717, 1.165) is 36.1 Å². The van der Waals surface area contributed by atoms with E-state index < -0.39 is 0 Å². The third-order valence-corrected chi connectivity index (χ3v) is 5.21. The van der Waals surface area contributed by atoms with Gasteiger partial charge in [0.05, 0.1) is 13.1 Å². The Kier molecular flexibility index (Phi) is 6.68. The Labute approximate surface area is 160 Å². The molecule has 0 aliphatic carbocycles. The fraction of sp³-hybridized carbons (Fsp3) is 0.350. The van der Waals surface area contributed by atoms with E-state index in [-0.39, 0.29) is 0 Å². The summed E-state index contributed by atoms with van der Waals surface area (Å²) in [5.74, 6) is 0. The van der Waals surface area contributed by atoms with Gasteiger partial charge in [-0.15, -0.1) is 0 Å². The molecule has 3 nitrogen and oxygen atoms in total. The Morgan fingerprint density at radius 2 is 1.68 bits per heavy atom. The van der Waals surface area contributed by atoms with Gasteiger partial charge in [-0.25, -0.2) is 0 Å². The van der Waals surface area contributed by atoms with Crippen molar-refractivity contribution >= 4 is 28.9 Å². The van der Waals surface area contributed by atoms with Gasteiger partial charge in [0.25, 0.3) is 0 Å². The van der Waals surface area contributed by atoms with Crippen LogP contribution in [0.2, 0.25) is 5.02 Å². The SMILES string of the molecule is S=C(NCc1ccccc1)NC1CC[NH+](Cc2ccc(Cl)cc2)CC1. The van der Waals surface area contributed by atoms with E-state index in [1.807, 2.05) is 30.3 Å². The zero-order valence-electron chi connectivity index (χ0n) is 14.3. The standard InChI is InChI=1S/C20H24ClN3S/c21-18-8-6-17(7-9-18)15-24-12-10-19(11-13-24)23-20(25)22-14-16-4-2-1-3-5-16/h1-9,19H,10-15H2,(H2,22,23,25)/p+1. The molecular weight excluding hydrogens is 350 g/mol. The van der Waals surface area contributed by atoms with Crippen LogP contribution in [0.15, 0.2) is 54.6 Å². The summed E-state index contributed by atoms with van der Waals surface area (Å²) in [5.41, 5.74) is 2.60. The summed E-state index contributed by atoms with van der Waals surface area (Å²) in [5, 5.41) is 8.34. The van der Waals surface area contributed by atoms with Gasteiger partial charge in [0.15, 0.2) is 5.11 Å². The predicted octanol–water partition coefficient (Wildman–Crippen LogP) is 2.55. The molecule has 1 saturated heterocycles. The highest BCUT2D eigenvalue weighted by molar-refractivity contribution is 7.80. The lowest BCUT2D eigenvalue weighted by Gasteiger charge is -2.30. The van der Waals surface area contributed by atoms with Crippen molar-refractivity contribution in [3.63, 3.8) is 0 Å². The lowest BCUT2D eigenvalue weighted by atomic mass is 10.0. The molecule has 1 fully saturated rings. The number of benzene rings is 2. The summed E-state index contributed by atoms with van der Waals surface area (Å²) < 4.78 is 0. The second kappa shape index (κ2) is 9.18. The van der Waals surface area contributed by atoms with Gasteiger partial charge in [-0.2, -0.15) is 0 Å². The molecule has 0 saturated carbocycles. The number of quaternary nitrogens is 1. The Morgan fingerprint density at radius 1 is 1.00 bits per heavy atom. The van der Waals surface area contributed by atoms with Gasteiger partial charge in [0.2, 0.25) is 0 Å². The topological polar surface area (TPSA) is 28.5 Å². The fourth-order valence-corrected chi connectivity index (χ4v) is 3.62. The summed E-state index contributed by atoms with van der Waals surface area (Å²) in [6.45, 7) is 4.18. The van der Waals surface area contributed by atoms with Crippen LogP contribution in [-0.2, 0) is 13.1 Å². The third kappa shape index (κ3) is 5.99. The minimum absolute atomic E-state index is 0.477. The summed E-state index contributed by atoms with van der Waals surface area (Å²) in [7, 11) is 0. The van der Waals surface area contributed by atoms with Crippen LogP contribution in [0.1, 0.15) is 24.0 Å². The minimum atomic E-state index is 0.477. The van der Waals surface area contributed by atoms with Crippen LogP contribution in [0, 0.1) is 0 Å². The maximum atomic E-state index is 5.95. The van der Waals surface area contributed by atoms with Gasteiger partial charge in [-0.3, -0.25) is 0 Å². The van der Waals surface area contributed by atoms with E-state index in [0.29, 0.717) is 6.04 Å². The van der Waals surface area contributed by atoms with Crippen LogP contribution in [0.4, 0.5) is 0 Å². The molecule has 1 heterocycles. The molecule has 0 unspecified atom stereocenters. The molecule has 1 aliphatic rings. The van der Waals surface area contributed by atoms with Crippen molar-refractivity contribution in [2.45, 2.75) is 32.0 Å². The minimum Gasteiger partial charge on any atom is -0.360 e. The summed E-state index contributed by atoms with van der Waals surface area (Å²) in [6.07, 6.45) is 2.30. The largest absolute Gasteiger partial charge is 0.360 e. The van der Waals surface area contributed by atoms with E-state index in [1.54, 1.807) is 4.90 Å². The van der Waals surface area contributed by atoms with Crippen molar-refractivity contribution in [2.24, 2.45) is 0 Å². The number of likely N-dealkylation sites (tertiary alicyclic amines) is 1. The molecule has 0 radical (unpaired) electrons. The van der Waals surface area contributed by atoms with Crippen molar-refractivity contribution in [2.75, 3.05) is 13.1 Å². The Morgan fingerprint density at radius 3 is 2.36 bits per heavy atom. The van der Waals surface area contributed by atoms with Gasteiger partial charge < -0.3 is 15.5 Å². The zero-order valence-corrected chi connectivity index (χ0v) is 15.9. The van der Waals surface area contributed by atoms with Crippen LogP contribution in [-0.4, -0.2) is 24.2 Å². The smallest absolute Gasteiger partial charge is 0.166 e. The van der Waals surface area contributed by atoms with Crippen LogP contribution in [0.25, 0.3) is 0 Å². The molecule has 132 valence electrons. The van der Waals surface area contributed by atoms with Gasteiger partial charge in [-0.1, -0.05) is 54.1 Å². The maximum absolute atomic E-state index is 5.95. The molecule has 1 aliphatic heterocycles. The quantitative estimate of drug-likeness (QED) is 0.702. The molecule has 0 bridgehead atoms. The zero-order chi connectivity index (χ0) is 17.5. The van der Waals surface area contributed by atoms with Gasteiger partial charge >= 0.3 is 0 Å². The van der Waals surface area contributed by atoms with E-state index in [9.17, 15) is 0 Å². The van der Waals surface area contributed by atoms with Crippen molar-refractivity contribution in [1.29, 1.82) is 0 Å². The number of nitrogens with one attached hydrogen (secondary N) is 3. The highest BCUT2D eigenvalue weighted by Crippen LogP contribution is 2.09. The third-order valence-electron chi connectivity index (χ3n) is 4.69. The van der Waals surface area contributed by atoms with Gasteiger partial charge in [-0.05, 0) is 29.9 Å². The molecule has 0 amide bonds. The average Bonchev–Trinajstić information content (AvgIpc) is 2.64. The highest BCUT2D eigenvalue weighted by atomic mass is 35.5. The van der Waals surface area contributed by atoms with Gasteiger partial charge in [0.1, 0.15) is 6.54 Å². The molecule has 0 spiro atoms. The molecule has 3 rings (SSSR count). The number of rotatable bonds is 5. The van der Waals surface area contributed by atoms with E-state index in [1.165, 1.54) is 24.2 Å². The van der Waals surface area contributed by atoms with Crippen molar-refractivity contribution in [1.82, 2.24) is 10.6 Å². The van der Waals surface area contributed by atoms with E-state index >= 15 is 0 Å². The van der Waals surface area contributed by atoms with Crippen molar-refractivity contribution in [3.8, 4) is 0 Å². The number of piperidine rings is 1. The van der Waals surface area contributed by atoms with Crippen LogP contribution in [0.5, 0.6) is 0 Å². The van der Waals surface area contributed by atoms with E-state index in [2.05, 4.69) is 34.9 Å². The second-order valence-electron chi connectivity index (χ2n) is 6.64. The first-order valence-electron chi connectivity index (χ1n) is 8.85. The van der Waals surface area contributed by atoms with Crippen LogP contribution >= 0.6 is 23.8 Å². The van der Waals surface area contributed by atoms with Crippen molar-refractivity contribution in [3.05, 3.63) is 70.7 Å². The lowest BCUT2D eigenvalue weighted by Crippen LogP contribution is -3.12. The molecule has 3 N–H and O–H groups in total. The predicted molar refractivity (Wildman–Crippen MR) is 108 cm³/mol. The first kappa shape index (κ1) is 18.2. The first-order valence-corrected chi connectivity index (χ1v) is 9.64. The first-order chi connectivity index (χ1) is 12.2. The number of thiocarbonyl (C=S) groups is 1. The fourth-order valence-electron chi connectivity index (χ4n) is 3.25. The number of halogens is 1. The molecule has 2 aromatic rings. The van der Waals surface area contributed by atoms with Crippen molar-refractivity contribution < 1.29 is 4.90 Å². The second-order valence-corrected chi connectivity index (χ2v) is 7.48. The Hall–Kier alpha value is -1.62. The molecule has 25 heavy (non-hydrogen) atoms. The molecule has 0 aromatic heterocycles. The summed E-state index contributed by atoms with van der Waals surface area (Å²) in [6, 6.07) is 19.0. The average molecular weight is 375 g/mol. The molecule has 5 heteroatoms. The summed E-state index contributed by atoms with van der Waals surface area (Å²) in [4.78, 5) is 1.63. The van der Waals surface area contributed by atoms with E-state index in [4.69, 9.17) is 23.8 Å². The highest BCUT2D eigenvalue weighted by Gasteiger charge is 2.22. The Balaban J connectivity index is 1.37. The lowest BCUT2D eigenvalue weighted by molar-refractivity contribution is -0.918. The molecular formula is C20H25ClN3S+. The Bertz CT molecular complexity index is 667. The number of hydrogen-bond acceptors (Lipinski definition) is 1. The normalized spacial score (nSPS) is 20.0. The summed E-state index contributed by atoms with van der Waals surface area (Å²) >= 11 is 11.4. The van der Waals surface area contributed by atoms with Gasteiger partial charge in [0, 0.05) is 36.0 Å². The van der Waals surface area contributed by atoms with Crippen LogP contribution < -0.4 is 15.5 Å². The molecule has 0 atom stereocenters. The molecule has 2 aromatic carbocycles. The monoisotopic (exact) mass is 374 g/mol. The maximum Gasteiger partial charge on any atom is 0.166 e. The number of hydrogen-bond donors (Lipinski definition) is 3.